The Hall–Kier alpha value is -2.69. The molecule has 330 valence electrons. The summed E-state index contributed by atoms with van der Waals surface area (Å²) in [6, 6.07) is 0. The van der Waals surface area contributed by atoms with E-state index in [-0.39, 0.29) is 81.9 Å². The number of amides is 2. The standard InChI is InChI=1S/C47H78N2O9/c1-12-14-16-26-48-37(51)29-38(52)56-35-20-22-44(8)33(42(35,4)5)19-24-45(9)34(44)28-32(55-30(3)50)39-31(18-23-46(39,45)10)47(11)25-21-36(57-47)43(6,7)58-41(54)40(53)49-27-17-15-13-2/h31-36,39H,12-29H2,1-11H3,(H,48,51)(H,49,53)/t31-,32+,33-,34+,35+,36+,39-,44-,45+,46+,47-/m0/s1. The second kappa shape index (κ2) is 17.7. The van der Waals surface area contributed by atoms with Gasteiger partial charge in [-0.25, -0.2) is 4.79 Å². The van der Waals surface area contributed by atoms with Crippen molar-refractivity contribution in [2.75, 3.05) is 13.1 Å². The van der Waals surface area contributed by atoms with Crippen molar-refractivity contribution in [1.82, 2.24) is 10.6 Å². The number of carbonyl (C=O) groups excluding carboxylic acids is 5. The number of carbonyl (C=O) groups is 5. The summed E-state index contributed by atoms with van der Waals surface area (Å²) in [5.74, 6) is -1.82. The molecule has 0 aromatic rings. The molecule has 1 heterocycles. The minimum Gasteiger partial charge on any atom is -0.462 e. The topological polar surface area (TPSA) is 146 Å². The average Bonchev–Trinajstić information content (AvgIpc) is 3.73. The summed E-state index contributed by atoms with van der Waals surface area (Å²) in [4.78, 5) is 64.1. The zero-order valence-electron chi connectivity index (χ0n) is 37.9. The monoisotopic (exact) mass is 815 g/mol. The first-order valence-corrected chi connectivity index (χ1v) is 22.9. The first-order chi connectivity index (χ1) is 27.1. The van der Waals surface area contributed by atoms with E-state index in [1.165, 1.54) is 6.92 Å². The molecule has 11 nitrogen and oxygen atoms in total. The Balaban J connectivity index is 1.32. The summed E-state index contributed by atoms with van der Waals surface area (Å²) in [5, 5.41) is 5.56. The molecule has 5 rings (SSSR count). The van der Waals surface area contributed by atoms with Gasteiger partial charge in [0, 0.05) is 31.3 Å². The molecular formula is C47H78N2O9. The van der Waals surface area contributed by atoms with Crippen molar-refractivity contribution in [2.24, 2.45) is 45.3 Å². The van der Waals surface area contributed by atoms with Gasteiger partial charge in [-0.3, -0.25) is 19.2 Å². The van der Waals surface area contributed by atoms with Crippen molar-refractivity contribution in [3.8, 4) is 0 Å². The predicted octanol–water partition coefficient (Wildman–Crippen LogP) is 8.39. The highest BCUT2D eigenvalue weighted by atomic mass is 16.6. The van der Waals surface area contributed by atoms with Crippen molar-refractivity contribution in [1.29, 1.82) is 0 Å². The van der Waals surface area contributed by atoms with Crippen LogP contribution < -0.4 is 10.6 Å². The van der Waals surface area contributed by atoms with E-state index in [0.717, 1.165) is 89.9 Å². The molecule has 0 aromatic carbocycles. The summed E-state index contributed by atoms with van der Waals surface area (Å²) < 4.78 is 25.5. The Morgan fingerprint density at radius 1 is 0.741 bits per heavy atom. The minimum atomic E-state index is -1.01. The lowest BCUT2D eigenvalue weighted by Crippen LogP contribution is -2.67. The molecule has 0 aromatic heterocycles. The molecule has 2 N–H and O–H groups in total. The van der Waals surface area contributed by atoms with E-state index in [2.05, 4.69) is 66.0 Å². The fraction of sp³-hybridized carbons (Fsp3) is 0.894. The molecule has 11 heteroatoms. The van der Waals surface area contributed by atoms with Crippen LogP contribution in [0.2, 0.25) is 0 Å². The van der Waals surface area contributed by atoms with Gasteiger partial charge in [-0.05, 0) is 125 Å². The largest absolute Gasteiger partial charge is 0.462 e. The van der Waals surface area contributed by atoms with Crippen molar-refractivity contribution < 1.29 is 42.9 Å². The number of hydrogen-bond donors (Lipinski definition) is 2. The molecule has 4 aliphatic carbocycles. The Bertz CT molecular complexity index is 1530. The van der Waals surface area contributed by atoms with Crippen LogP contribution >= 0.6 is 0 Å². The molecule has 1 aliphatic heterocycles. The highest BCUT2D eigenvalue weighted by molar-refractivity contribution is 6.32. The third-order valence-electron chi connectivity index (χ3n) is 16.8. The van der Waals surface area contributed by atoms with Gasteiger partial charge < -0.3 is 29.6 Å². The van der Waals surface area contributed by atoms with Crippen LogP contribution in [0, 0.1) is 45.3 Å². The van der Waals surface area contributed by atoms with E-state index in [1.54, 1.807) is 0 Å². The fourth-order valence-electron chi connectivity index (χ4n) is 13.6. The van der Waals surface area contributed by atoms with Crippen molar-refractivity contribution in [2.45, 2.75) is 208 Å². The van der Waals surface area contributed by atoms with Crippen molar-refractivity contribution in [3.63, 3.8) is 0 Å². The normalized spacial score (nSPS) is 37.7. The van der Waals surface area contributed by atoms with Gasteiger partial charge in [-0.1, -0.05) is 74.1 Å². The number of esters is 3. The van der Waals surface area contributed by atoms with E-state index >= 15 is 0 Å². The van der Waals surface area contributed by atoms with Crippen LogP contribution in [0.1, 0.15) is 179 Å². The summed E-state index contributed by atoms with van der Waals surface area (Å²) >= 11 is 0. The molecule has 0 unspecified atom stereocenters. The summed E-state index contributed by atoms with van der Waals surface area (Å²) in [7, 11) is 0. The molecule has 5 aliphatic rings. The summed E-state index contributed by atoms with van der Waals surface area (Å²) in [6.45, 7) is 24.5. The Morgan fingerprint density at radius 3 is 2.02 bits per heavy atom. The first-order valence-electron chi connectivity index (χ1n) is 22.9. The molecule has 0 bridgehead atoms. The number of unbranched alkanes of at least 4 members (excludes halogenated alkanes) is 4. The van der Waals surface area contributed by atoms with Crippen LogP contribution in [-0.4, -0.2) is 72.3 Å². The van der Waals surface area contributed by atoms with Gasteiger partial charge in [0.1, 0.15) is 24.2 Å². The first kappa shape index (κ1) is 46.4. The van der Waals surface area contributed by atoms with E-state index in [4.69, 9.17) is 18.9 Å². The maximum absolute atomic E-state index is 13.1. The quantitative estimate of drug-likeness (QED) is 0.0547. The van der Waals surface area contributed by atoms with E-state index in [1.807, 2.05) is 13.8 Å². The van der Waals surface area contributed by atoms with Crippen LogP contribution in [-0.2, 0) is 42.9 Å². The fourth-order valence-corrected chi connectivity index (χ4v) is 13.6. The number of nitrogens with one attached hydrogen (secondary N) is 2. The van der Waals surface area contributed by atoms with Crippen LogP contribution in [0.3, 0.4) is 0 Å². The third-order valence-corrected chi connectivity index (χ3v) is 16.8. The SMILES string of the molecule is CCCCCNC(=O)CC(=O)O[C@@H]1CC[C@]2(C)[C@H]3C[C@@H](OC(C)=O)[C@@H]4[C@@H]([C@]5(C)CC[C@H](C(C)(C)OC(=O)C(=O)NCCCCC)O5)CC[C@@]4(C)[C@]3(C)CC[C@H]2C1(C)C. The lowest BCUT2D eigenvalue weighted by atomic mass is 9.35. The smallest absolute Gasteiger partial charge is 0.397 e. The Morgan fingerprint density at radius 2 is 1.38 bits per heavy atom. The van der Waals surface area contributed by atoms with Crippen LogP contribution in [0.4, 0.5) is 0 Å². The van der Waals surface area contributed by atoms with Gasteiger partial charge in [-0.15, -0.1) is 0 Å². The van der Waals surface area contributed by atoms with Crippen LogP contribution in [0.15, 0.2) is 0 Å². The molecule has 2 amide bonds. The van der Waals surface area contributed by atoms with E-state index in [0.29, 0.717) is 19.5 Å². The number of ether oxygens (including phenoxy) is 4. The molecule has 11 atom stereocenters. The predicted molar refractivity (Wildman–Crippen MR) is 222 cm³/mol. The highest BCUT2D eigenvalue weighted by Crippen LogP contribution is 2.76. The highest BCUT2D eigenvalue weighted by Gasteiger charge is 2.73. The maximum atomic E-state index is 13.1. The van der Waals surface area contributed by atoms with Gasteiger partial charge in [0.2, 0.25) is 5.91 Å². The van der Waals surface area contributed by atoms with Crippen LogP contribution in [0.25, 0.3) is 0 Å². The average molecular weight is 815 g/mol. The summed E-state index contributed by atoms with van der Waals surface area (Å²) in [5.41, 5.74) is -2.08. The van der Waals surface area contributed by atoms with E-state index < -0.39 is 29.0 Å². The van der Waals surface area contributed by atoms with Crippen molar-refractivity contribution >= 4 is 29.7 Å². The Labute approximate surface area is 349 Å². The second-order valence-electron chi connectivity index (χ2n) is 21.0. The third kappa shape index (κ3) is 8.86. The molecule has 1 saturated heterocycles. The number of hydrogen-bond acceptors (Lipinski definition) is 9. The van der Waals surface area contributed by atoms with Gasteiger partial charge in [-0.2, -0.15) is 0 Å². The Kier molecular flexibility index (Phi) is 14.2. The van der Waals surface area contributed by atoms with Gasteiger partial charge >= 0.3 is 23.8 Å². The molecular weight excluding hydrogens is 737 g/mol. The molecule has 58 heavy (non-hydrogen) atoms. The number of fused-ring (bicyclic) bond motifs is 5. The molecule has 0 radical (unpaired) electrons. The van der Waals surface area contributed by atoms with Gasteiger partial charge in [0.15, 0.2) is 0 Å². The van der Waals surface area contributed by atoms with Crippen LogP contribution in [0.5, 0.6) is 0 Å². The zero-order valence-corrected chi connectivity index (χ0v) is 37.9. The maximum Gasteiger partial charge on any atom is 0.397 e. The van der Waals surface area contributed by atoms with E-state index in [9.17, 15) is 24.0 Å². The molecule has 5 fully saturated rings. The molecule has 4 saturated carbocycles. The zero-order chi connectivity index (χ0) is 42.9. The lowest BCUT2D eigenvalue weighted by molar-refractivity contribution is -0.254. The van der Waals surface area contributed by atoms with Crippen molar-refractivity contribution in [3.05, 3.63) is 0 Å². The van der Waals surface area contributed by atoms with Gasteiger partial charge in [0.05, 0.1) is 11.7 Å². The molecule has 0 spiro atoms. The number of rotatable bonds is 15. The second-order valence-corrected chi connectivity index (χ2v) is 21.0. The minimum absolute atomic E-state index is 0.0303. The summed E-state index contributed by atoms with van der Waals surface area (Å²) in [6.07, 6.45) is 12.5. The lowest BCUT2D eigenvalue weighted by Gasteiger charge is -2.70. The van der Waals surface area contributed by atoms with Gasteiger partial charge in [0.25, 0.3) is 0 Å².